The second kappa shape index (κ2) is 9.40. The molecule has 0 bridgehead atoms. The number of anilines is 2. The summed E-state index contributed by atoms with van der Waals surface area (Å²) < 4.78 is 0. The van der Waals surface area contributed by atoms with Gasteiger partial charge in [0.2, 0.25) is 11.8 Å². The summed E-state index contributed by atoms with van der Waals surface area (Å²) in [5.74, 6) is 0.879. The number of carbonyl (C=O) groups is 2. The van der Waals surface area contributed by atoms with Crippen molar-refractivity contribution in [2.75, 3.05) is 16.0 Å². The summed E-state index contributed by atoms with van der Waals surface area (Å²) in [6, 6.07) is 25.6. The molecule has 1 atom stereocenters. The summed E-state index contributed by atoms with van der Waals surface area (Å²) in [7, 11) is 0. The van der Waals surface area contributed by atoms with Crippen LogP contribution in [0.25, 0.3) is 0 Å². The molecular formula is C26H26N2O2S. The van der Waals surface area contributed by atoms with Crippen LogP contribution in [-0.4, -0.2) is 17.6 Å². The maximum Gasteiger partial charge on any atom is 0.238 e. The van der Waals surface area contributed by atoms with Gasteiger partial charge in [-0.05, 0) is 40.8 Å². The molecule has 158 valence electrons. The van der Waals surface area contributed by atoms with Crippen molar-refractivity contribution < 1.29 is 9.59 Å². The van der Waals surface area contributed by atoms with E-state index >= 15 is 0 Å². The highest BCUT2D eigenvalue weighted by molar-refractivity contribution is 8.00. The Morgan fingerprint density at radius 2 is 1.68 bits per heavy atom. The zero-order chi connectivity index (χ0) is 21.8. The van der Waals surface area contributed by atoms with Crippen molar-refractivity contribution in [3.05, 3.63) is 95.6 Å². The van der Waals surface area contributed by atoms with Crippen LogP contribution >= 0.6 is 11.8 Å². The van der Waals surface area contributed by atoms with Crippen molar-refractivity contribution in [2.24, 2.45) is 0 Å². The Kier molecular flexibility index (Phi) is 6.42. The van der Waals surface area contributed by atoms with Crippen LogP contribution in [0.1, 0.15) is 41.8 Å². The number of rotatable bonds is 6. The quantitative estimate of drug-likeness (QED) is 0.540. The molecule has 1 unspecified atom stereocenters. The summed E-state index contributed by atoms with van der Waals surface area (Å²) in [5.41, 5.74) is 4.95. The smallest absolute Gasteiger partial charge is 0.238 e. The predicted molar refractivity (Wildman–Crippen MR) is 128 cm³/mol. The highest BCUT2D eigenvalue weighted by Gasteiger charge is 2.35. The van der Waals surface area contributed by atoms with Gasteiger partial charge in [0.05, 0.1) is 12.2 Å². The summed E-state index contributed by atoms with van der Waals surface area (Å²) in [4.78, 5) is 27.0. The Morgan fingerprint density at radius 3 is 2.39 bits per heavy atom. The number of benzene rings is 3. The van der Waals surface area contributed by atoms with E-state index in [2.05, 4.69) is 25.2 Å². The van der Waals surface area contributed by atoms with Gasteiger partial charge in [-0.25, -0.2) is 0 Å². The molecule has 0 saturated carbocycles. The molecule has 5 heteroatoms. The van der Waals surface area contributed by atoms with Crippen molar-refractivity contribution in [3.8, 4) is 0 Å². The first-order chi connectivity index (χ1) is 15.0. The van der Waals surface area contributed by atoms with Crippen LogP contribution in [0.15, 0.2) is 78.9 Å². The van der Waals surface area contributed by atoms with Crippen LogP contribution in [0.5, 0.6) is 0 Å². The van der Waals surface area contributed by atoms with Gasteiger partial charge < -0.3 is 5.32 Å². The molecule has 2 amide bonds. The van der Waals surface area contributed by atoms with E-state index in [0.717, 1.165) is 22.5 Å². The lowest BCUT2D eigenvalue weighted by Crippen LogP contribution is -2.29. The van der Waals surface area contributed by atoms with Crippen molar-refractivity contribution in [1.82, 2.24) is 0 Å². The molecule has 1 aliphatic rings. The lowest BCUT2D eigenvalue weighted by molar-refractivity contribution is -0.116. The molecule has 31 heavy (non-hydrogen) atoms. The Morgan fingerprint density at radius 1 is 1.00 bits per heavy atom. The van der Waals surface area contributed by atoms with E-state index in [0.29, 0.717) is 18.1 Å². The SMILES string of the molecule is CC(C)c1ccccc1N1C(=O)CSC1c1ccc(NC(=O)Cc2ccccc2)cc1. The van der Waals surface area contributed by atoms with E-state index < -0.39 is 0 Å². The fourth-order valence-electron chi connectivity index (χ4n) is 3.84. The fraction of sp³-hybridized carbons (Fsp3) is 0.231. The standard InChI is InChI=1S/C26H26N2O2S/c1-18(2)22-10-6-7-11-23(22)28-25(30)17-31-26(28)20-12-14-21(15-13-20)27-24(29)16-19-8-4-3-5-9-19/h3-15,18,26H,16-17H2,1-2H3,(H,27,29). The molecule has 1 saturated heterocycles. The highest BCUT2D eigenvalue weighted by atomic mass is 32.2. The highest BCUT2D eigenvalue weighted by Crippen LogP contribution is 2.44. The van der Waals surface area contributed by atoms with Crippen LogP contribution < -0.4 is 10.2 Å². The van der Waals surface area contributed by atoms with Crippen molar-refractivity contribution in [3.63, 3.8) is 0 Å². The third kappa shape index (κ3) is 4.83. The first-order valence-electron chi connectivity index (χ1n) is 10.5. The maximum absolute atomic E-state index is 12.8. The second-order valence-corrected chi connectivity index (χ2v) is 9.04. The number of thioether (sulfide) groups is 1. The van der Waals surface area contributed by atoms with Crippen molar-refractivity contribution >= 4 is 35.0 Å². The number of hydrogen-bond donors (Lipinski definition) is 1. The van der Waals surface area contributed by atoms with Crippen LogP contribution in [-0.2, 0) is 16.0 Å². The Labute approximate surface area is 187 Å². The molecule has 4 nitrogen and oxygen atoms in total. The van der Waals surface area contributed by atoms with Gasteiger partial charge in [-0.15, -0.1) is 11.8 Å². The minimum atomic E-state index is -0.0681. The Hall–Kier alpha value is -3.05. The number of para-hydroxylation sites is 1. The monoisotopic (exact) mass is 430 g/mol. The molecule has 3 aromatic carbocycles. The second-order valence-electron chi connectivity index (χ2n) is 7.97. The largest absolute Gasteiger partial charge is 0.326 e. The van der Waals surface area contributed by atoms with Gasteiger partial charge in [-0.1, -0.05) is 74.5 Å². The van der Waals surface area contributed by atoms with E-state index in [1.165, 1.54) is 5.56 Å². The predicted octanol–water partition coefficient (Wildman–Crippen LogP) is 5.77. The summed E-state index contributed by atoms with van der Waals surface area (Å²) in [5, 5.41) is 2.89. The minimum Gasteiger partial charge on any atom is -0.326 e. The van der Waals surface area contributed by atoms with Crippen LogP contribution in [0, 0.1) is 0 Å². The Balaban J connectivity index is 1.50. The number of amides is 2. The number of carbonyl (C=O) groups excluding carboxylic acids is 2. The van der Waals surface area contributed by atoms with Crippen molar-refractivity contribution in [2.45, 2.75) is 31.6 Å². The molecule has 1 aliphatic heterocycles. The molecule has 0 aliphatic carbocycles. The molecule has 1 fully saturated rings. The molecule has 0 spiro atoms. The normalized spacial score (nSPS) is 16.0. The zero-order valence-corrected chi connectivity index (χ0v) is 18.6. The van der Waals surface area contributed by atoms with Gasteiger partial charge in [0.15, 0.2) is 0 Å². The average molecular weight is 431 g/mol. The van der Waals surface area contributed by atoms with Gasteiger partial charge in [-0.2, -0.15) is 0 Å². The van der Waals surface area contributed by atoms with E-state index in [4.69, 9.17) is 0 Å². The molecule has 3 aromatic rings. The third-order valence-electron chi connectivity index (χ3n) is 5.37. The van der Waals surface area contributed by atoms with Gasteiger partial charge in [0.1, 0.15) is 5.37 Å². The molecule has 4 rings (SSSR count). The first kappa shape index (κ1) is 21.2. The van der Waals surface area contributed by atoms with Gasteiger partial charge >= 0.3 is 0 Å². The lowest BCUT2D eigenvalue weighted by Gasteiger charge is -2.27. The van der Waals surface area contributed by atoms with Crippen LogP contribution in [0.4, 0.5) is 11.4 Å². The van der Waals surface area contributed by atoms with E-state index in [-0.39, 0.29) is 17.2 Å². The fourth-order valence-corrected chi connectivity index (χ4v) is 5.01. The van der Waals surface area contributed by atoms with E-state index in [1.807, 2.05) is 77.7 Å². The summed E-state index contributed by atoms with van der Waals surface area (Å²) >= 11 is 1.64. The molecule has 0 aromatic heterocycles. The number of hydrogen-bond acceptors (Lipinski definition) is 3. The minimum absolute atomic E-state index is 0.0446. The zero-order valence-electron chi connectivity index (χ0n) is 17.7. The Bertz CT molecular complexity index is 1060. The molecule has 0 radical (unpaired) electrons. The lowest BCUT2D eigenvalue weighted by atomic mass is 10.00. The van der Waals surface area contributed by atoms with Gasteiger partial charge in [-0.3, -0.25) is 14.5 Å². The van der Waals surface area contributed by atoms with E-state index in [1.54, 1.807) is 11.8 Å². The summed E-state index contributed by atoms with van der Waals surface area (Å²) in [6.45, 7) is 4.29. The van der Waals surface area contributed by atoms with Gasteiger partial charge in [0, 0.05) is 11.4 Å². The first-order valence-corrected chi connectivity index (χ1v) is 11.5. The average Bonchev–Trinajstić information content (AvgIpc) is 3.16. The van der Waals surface area contributed by atoms with Crippen molar-refractivity contribution in [1.29, 1.82) is 0 Å². The van der Waals surface area contributed by atoms with E-state index in [9.17, 15) is 9.59 Å². The summed E-state index contributed by atoms with van der Waals surface area (Å²) in [6.07, 6.45) is 0.343. The molecular weight excluding hydrogens is 404 g/mol. The number of nitrogens with one attached hydrogen (secondary N) is 1. The van der Waals surface area contributed by atoms with Crippen LogP contribution in [0.3, 0.4) is 0 Å². The third-order valence-corrected chi connectivity index (χ3v) is 6.59. The maximum atomic E-state index is 12.8. The molecule has 1 heterocycles. The topological polar surface area (TPSA) is 49.4 Å². The number of nitrogens with zero attached hydrogens (tertiary/aromatic N) is 1. The van der Waals surface area contributed by atoms with Gasteiger partial charge in [0.25, 0.3) is 0 Å². The van der Waals surface area contributed by atoms with Crippen LogP contribution in [0.2, 0.25) is 0 Å². The molecule has 1 N–H and O–H groups in total.